The molecule has 0 saturated carbocycles. The van der Waals surface area contributed by atoms with Crippen LogP contribution in [-0.4, -0.2) is 28.4 Å². The van der Waals surface area contributed by atoms with E-state index in [2.05, 4.69) is 52.8 Å². The number of nitrogens with one attached hydrogen (secondary N) is 2. The summed E-state index contributed by atoms with van der Waals surface area (Å²) >= 11 is 0. The Balaban J connectivity index is 2.18. The first-order valence-electron chi connectivity index (χ1n) is 6.96. The summed E-state index contributed by atoms with van der Waals surface area (Å²) in [4.78, 5) is 3.35. The molecule has 0 saturated heterocycles. The Morgan fingerprint density at radius 1 is 1.30 bits per heavy atom. The largest absolute Gasteiger partial charge is 0.361 e. The number of aromatic amines is 1. The molecular weight excluding hydrogens is 248 g/mol. The van der Waals surface area contributed by atoms with Gasteiger partial charge in [0, 0.05) is 53.9 Å². The lowest BCUT2D eigenvalue weighted by Gasteiger charge is -2.03. The van der Waals surface area contributed by atoms with Crippen LogP contribution < -0.4 is 5.32 Å². The van der Waals surface area contributed by atoms with E-state index in [0.29, 0.717) is 0 Å². The van der Waals surface area contributed by atoms with Crippen molar-refractivity contribution in [3.63, 3.8) is 0 Å². The Hall–Kier alpha value is -2.07. The first kappa shape index (κ1) is 12.9. The van der Waals surface area contributed by atoms with Gasteiger partial charge >= 0.3 is 0 Å². The molecule has 0 fully saturated rings. The molecule has 2 N–H and O–H groups in total. The predicted molar refractivity (Wildman–Crippen MR) is 82.9 cm³/mol. The van der Waals surface area contributed by atoms with Crippen molar-refractivity contribution in [2.75, 3.05) is 13.6 Å². The highest BCUT2D eigenvalue weighted by Gasteiger charge is 2.17. The van der Waals surface area contributed by atoms with Crippen molar-refractivity contribution in [1.82, 2.24) is 20.1 Å². The maximum atomic E-state index is 4.67. The molecule has 0 unspecified atom stereocenters. The lowest BCUT2D eigenvalue weighted by atomic mass is 10.0. The normalized spacial score (nSPS) is 11.3. The van der Waals surface area contributed by atoms with Crippen molar-refractivity contribution < 1.29 is 0 Å². The van der Waals surface area contributed by atoms with Crippen LogP contribution in [0.2, 0.25) is 0 Å². The maximum absolute atomic E-state index is 4.67. The number of likely N-dealkylation sites (N-methyl/N-ethyl adjacent to an activating group) is 1. The Morgan fingerprint density at radius 3 is 2.90 bits per heavy atom. The summed E-state index contributed by atoms with van der Waals surface area (Å²) in [7, 11) is 3.98. The molecule has 3 aromatic rings. The molecule has 3 rings (SSSR count). The van der Waals surface area contributed by atoms with Gasteiger partial charge in [-0.15, -0.1) is 0 Å². The van der Waals surface area contributed by atoms with Gasteiger partial charge in [0.05, 0.1) is 5.69 Å². The molecule has 4 heteroatoms. The van der Waals surface area contributed by atoms with Gasteiger partial charge in [0.1, 0.15) is 0 Å². The van der Waals surface area contributed by atoms with E-state index in [1.807, 2.05) is 18.8 Å². The highest BCUT2D eigenvalue weighted by Crippen LogP contribution is 2.33. The summed E-state index contributed by atoms with van der Waals surface area (Å²) in [5.74, 6) is 0. The molecule has 2 heterocycles. The van der Waals surface area contributed by atoms with Crippen LogP contribution in [0.5, 0.6) is 0 Å². The zero-order valence-corrected chi connectivity index (χ0v) is 12.2. The van der Waals surface area contributed by atoms with Gasteiger partial charge in [0.2, 0.25) is 0 Å². The number of para-hydroxylation sites is 1. The molecule has 0 radical (unpaired) electrons. The fraction of sp³-hybridized carbons (Fsp3) is 0.312. The number of nitrogens with zero attached hydrogens (tertiary/aromatic N) is 2. The third-order valence-corrected chi connectivity index (χ3v) is 3.88. The van der Waals surface area contributed by atoms with Crippen molar-refractivity contribution in [3.8, 4) is 11.1 Å². The Kier molecular flexibility index (Phi) is 3.32. The van der Waals surface area contributed by atoms with E-state index in [0.717, 1.165) is 18.7 Å². The van der Waals surface area contributed by atoms with E-state index in [4.69, 9.17) is 0 Å². The van der Waals surface area contributed by atoms with Crippen LogP contribution in [0.3, 0.4) is 0 Å². The van der Waals surface area contributed by atoms with E-state index in [9.17, 15) is 0 Å². The minimum absolute atomic E-state index is 0.936. The monoisotopic (exact) mass is 268 g/mol. The third-order valence-electron chi connectivity index (χ3n) is 3.88. The first-order chi connectivity index (χ1) is 9.72. The molecule has 0 bridgehead atoms. The van der Waals surface area contributed by atoms with E-state index in [1.165, 1.54) is 27.7 Å². The van der Waals surface area contributed by atoms with E-state index in [1.54, 1.807) is 0 Å². The quantitative estimate of drug-likeness (QED) is 0.764. The van der Waals surface area contributed by atoms with Crippen LogP contribution in [0.4, 0.5) is 0 Å². The summed E-state index contributed by atoms with van der Waals surface area (Å²) in [5, 5.41) is 9.13. The molecule has 1 aromatic carbocycles. The molecule has 4 nitrogen and oxygen atoms in total. The number of rotatable bonds is 4. The first-order valence-corrected chi connectivity index (χ1v) is 6.96. The predicted octanol–water partition coefficient (Wildman–Crippen LogP) is 2.64. The van der Waals surface area contributed by atoms with Crippen molar-refractivity contribution in [1.29, 1.82) is 0 Å². The van der Waals surface area contributed by atoms with Gasteiger partial charge in [-0.05, 0) is 20.0 Å². The second-order valence-electron chi connectivity index (χ2n) is 5.13. The number of benzene rings is 1. The molecular formula is C16H20N4. The zero-order valence-electron chi connectivity index (χ0n) is 12.2. The number of hydrogen-bond acceptors (Lipinski definition) is 2. The van der Waals surface area contributed by atoms with Gasteiger partial charge in [0.15, 0.2) is 0 Å². The SMILES string of the molecule is CNCCc1nn(C)c(C)c1-c1c[nH]c2ccccc12. The highest BCUT2D eigenvalue weighted by atomic mass is 15.3. The lowest BCUT2D eigenvalue weighted by molar-refractivity contribution is 0.703. The number of aromatic nitrogens is 3. The van der Waals surface area contributed by atoms with E-state index >= 15 is 0 Å². The minimum atomic E-state index is 0.936. The van der Waals surface area contributed by atoms with Gasteiger partial charge in [-0.3, -0.25) is 4.68 Å². The Morgan fingerprint density at radius 2 is 2.10 bits per heavy atom. The Bertz CT molecular complexity index is 736. The van der Waals surface area contributed by atoms with Gasteiger partial charge in [-0.1, -0.05) is 18.2 Å². The summed E-state index contributed by atoms with van der Waals surface area (Å²) in [6, 6.07) is 8.41. The summed E-state index contributed by atoms with van der Waals surface area (Å²) < 4.78 is 1.97. The standard InChI is InChI=1S/C16H20N4/c1-11-16(15(8-9-17-2)19-20(11)3)13-10-18-14-7-5-4-6-12(13)14/h4-7,10,17-18H,8-9H2,1-3H3. The molecule has 0 spiro atoms. The summed E-state index contributed by atoms with van der Waals surface area (Å²) in [5.41, 5.74) is 6.05. The van der Waals surface area contributed by atoms with E-state index < -0.39 is 0 Å². The second kappa shape index (κ2) is 5.13. The molecule has 20 heavy (non-hydrogen) atoms. The average Bonchev–Trinajstić information content (AvgIpc) is 2.99. The summed E-state index contributed by atoms with van der Waals surface area (Å²) in [6.45, 7) is 3.07. The molecule has 0 aliphatic carbocycles. The lowest BCUT2D eigenvalue weighted by Crippen LogP contribution is -2.11. The molecule has 0 aliphatic heterocycles. The Labute approximate surface area is 118 Å². The molecule has 0 amide bonds. The number of hydrogen-bond donors (Lipinski definition) is 2. The third kappa shape index (κ3) is 2.02. The van der Waals surface area contributed by atoms with Crippen molar-refractivity contribution in [2.24, 2.45) is 7.05 Å². The highest BCUT2D eigenvalue weighted by molar-refractivity contribution is 5.96. The van der Waals surface area contributed by atoms with Crippen LogP contribution in [-0.2, 0) is 13.5 Å². The van der Waals surface area contributed by atoms with Gasteiger partial charge in [0.25, 0.3) is 0 Å². The van der Waals surface area contributed by atoms with Crippen LogP contribution in [0.1, 0.15) is 11.4 Å². The van der Waals surface area contributed by atoms with Crippen molar-refractivity contribution in [2.45, 2.75) is 13.3 Å². The molecule has 104 valence electrons. The number of fused-ring (bicyclic) bond motifs is 1. The van der Waals surface area contributed by atoms with Crippen LogP contribution in [0.15, 0.2) is 30.5 Å². The van der Waals surface area contributed by atoms with Crippen molar-refractivity contribution in [3.05, 3.63) is 41.9 Å². The molecule has 0 aliphatic rings. The van der Waals surface area contributed by atoms with Crippen LogP contribution in [0, 0.1) is 6.92 Å². The van der Waals surface area contributed by atoms with Gasteiger partial charge in [-0.25, -0.2) is 0 Å². The minimum Gasteiger partial charge on any atom is -0.361 e. The van der Waals surface area contributed by atoms with Crippen LogP contribution in [0.25, 0.3) is 22.0 Å². The number of aryl methyl sites for hydroxylation is 1. The number of H-pyrrole nitrogens is 1. The topological polar surface area (TPSA) is 45.6 Å². The fourth-order valence-corrected chi connectivity index (χ4v) is 2.72. The molecule has 2 aromatic heterocycles. The van der Waals surface area contributed by atoms with E-state index in [-0.39, 0.29) is 0 Å². The zero-order chi connectivity index (χ0) is 14.1. The van der Waals surface area contributed by atoms with Gasteiger partial charge in [-0.2, -0.15) is 5.10 Å². The maximum Gasteiger partial charge on any atom is 0.0719 e. The fourth-order valence-electron chi connectivity index (χ4n) is 2.72. The second-order valence-corrected chi connectivity index (χ2v) is 5.13. The van der Waals surface area contributed by atoms with Crippen molar-refractivity contribution >= 4 is 10.9 Å². The molecule has 0 atom stereocenters. The average molecular weight is 268 g/mol. The van der Waals surface area contributed by atoms with Crippen LogP contribution >= 0.6 is 0 Å². The smallest absolute Gasteiger partial charge is 0.0719 e. The summed E-state index contributed by atoms with van der Waals surface area (Å²) in [6.07, 6.45) is 3.03. The van der Waals surface area contributed by atoms with Gasteiger partial charge < -0.3 is 10.3 Å².